The number of nitrogens with zero attached hydrogens (tertiary/aromatic N) is 2. The predicted molar refractivity (Wildman–Crippen MR) is 111 cm³/mol. The van der Waals surface area contributed by atoms with Gasteiger partial charge in [0.2, 0.25) is 0 Å². The molecule has 1 aromatic rings. The van der Waals surface area contributed by atoms with E-state index in [-0.39, 0.29) is 24.0 Å². The number of aliphatic imine (C=N–C) groups is 1. The largest absolute Gasteiger partial charge is 0.469 e. The summed E-state index contributed by atoms with van der Waals surface area (Å²) >= 11 is 0. The number of hydrogen-bond donors (Lipinski definition) is 2. The molecular formula is C18H33IN4O. The summed E-state index contributed by atoms with van der Waals surface area (Å²) in [6.45, 7) is 10.7. The van der Waals surface area contributed by atoms with Crippen LogP contribution in [0.4, 0.5) is 0 Å². The van der Waals surface area contributed by atoms with Crippen LogP contribution in [0, 0.1) is 5.92 Å². The zero-order chi connectivity index (χ0) is 16.3. The molecule has 0 aliphatic carbocycles. The van der Waals surface area contributed by atoms with Gasteiger partial charge in [0, 0.05) is 26.1 Å². The molecule has 138 valence electrons. The minimum atomic E-state index is 0. The Kier molecular flexibility index (Phi) is 11.2. The summed E-state index contributed by atoms with van der Waals surface area (Å²) < 4.78 is 5.36. The van der Waals surface area contributed by atoms with Crippen LogP contribution in [0.5, 0.6) is 0 Å². The van der Waals surface area contributed by atoms with Crippen LogP contribution in [-0.4, -0.2) is 50.1 Å². The summed E-state index contributed by atoms with van der Waals surface area (Å²) in [5.74, 6) is 2.66. The molecule has 0 spiro atoms. The van der Waals surface area contributed by atoms with Crippen LogP contribution in [0.15, 0.2) is 27.8 Å². The van der Waals surface area contributed by atoms with Crippen LogP contribution in [0.3, 0.4) is 0 Å². The summed E-state index contributed by atoms with van der Waals surface area (Å²) in [4.78, 5) is 7.35. The molecule has 0 amide bonds. The maximum atomic E-state index is 5.36. The molecule has 0 radical (unpaired) electrons. The third-order valence-corrected chi connectivity index (χ3v) is 4.34. The van der Waals surface area contributed by atoms with Crippen molar-refractivity contribution in [3.63, 3.8) is 0 Å². The summed E-state index contributed by atoms with van der Waals surface area (Å²) in [7, 11) is 0. The lowest BCUT2D eigenvalue weighted by Gasteiger charge is -2.31. The van der Waals surface area contributed by atoms with E-state index < -0.39 is 0 Å². The van der Waals surface area contributed by atoms with Gasteiger partial charge in [-0.2, -0.15) is 0 Å². The molecule has 6 heteroatoms. The molecule has 0 atom stereocenters. The van der Waals surface area contributed by atoms with Crippen molar-refractivity contribution < 1.29 is 4.42 Å². The number of rotatable bonds is 8. The minimum absolute atomic E-state index is 0. The Hall–Kier alpha value is -0.760. The summed E-state index contributed by atoms with van der Waals surface area (Å²) in [5.41, 5.74) is 0. The van der Waals surface area contributed by atoms with Crippen molar-refractivity contribution in [1.82, 2.24) is 15.5 Å². The summed E-state index contributed by atoms with van der Waals surface area (Å²) in [6.07, 6.45) is 6.41. The van der Waals surface area contributed by atoms with Gasteiger partial charge in [-0.05, 0) is 63.9 Å². The molecule has 1 aliphatic heterocycles. The van der Waals surface area contributed by atoms with Crippen LogP contribution in [0.2, 0.25) is 0 Å². The standard InChI is InChI=1S/C18H32N4O.HI/c1-3-11-22-12-8-16(9-13-22)15-21-18(19-4-2)20-10-7-17-6-5-14-23-17;/h5-6,14,16H,3-4,7-13,15H2,1-2H3,(H2,19,20,21);1H. The lowest BCUT2D eigenvalue weighted by molar-refractivity contribution is 0.188. The topological polar surface area (TPSA) is 52.8 Å². The molecule has 2 heterocycles. The van der Waals surface area contributed by atoms with E-state index in [1.165, 1.54) is 38.9 Å². The van der Waals surface area contributed by atoms with E-state index in [1.807, 2.05) is 12.1 Å². The van der Waals surface area contributed by atoms with Gasteiger partial charge in [-0.15, -0.1) is 24.0 Å². The highest BCUT2D eigenvalue weighted by atomic mass is 127. The van der Waals surface area contributed by atoms with Gasteiger partial charge in [-0.3, -0.25) is 4.99 Å². The smallest absolute Gasteiger partial charge is 0.191 e. The molecule has 1 saturated heterocycles. The van der Waals surface area contributed by atoms with Crippen LogP contribution in [-0.2, 0) is 6.42 Å². The first-order chi connectivity index (χ1) is 11.3. The van der Waals surface area contributed by atoms with E-state index >= 15 is 0 Å². The van der Waals surface area contributed by atoms with E-state index in [0.29, 0.717) is 0 Å². The highest BCUT2D eigenvalue weighted by molar-refractivity contribution is 14.0. The molecule has 1 aromatic heterocycles. The van der Waals surface area contributed by atoms with Crippen LogP contribution < -0.4 is 10.6 Å². The number of halogens is 1. The molecular weight excluding hydrogens is 415 g/mol. The average molecular weight is 448 g/mol. The molecule has 1 fully saturated rings. The molecule has 0 unspecified atom stereocenters. The fourth-order valence-electron chi connectivity index (χ4n) is 3.03. The number of furan rings is 1. The second kappa shape index (κ2) is 12.6. The fraction of sp³-hybridized carbons (Fsp3) is 0.722. The first-order valence-electron chi connectivity index (χ1n) is 9.08. The lowest BCUT2D eigenvalue weighted by atomic mass is 9.97. The number of piperidine rings is 1. The van der Waals surface area contributed by atoms with Crippen molar-refractivity contribution in [1.29, 1.82) is 0 Å². The molecule has 0 bridgehead atoms. The van der Waals surface area contributed by atoms with Gasteiger partial charge in [-0.25, -0.2) is 0 Å². The number of guanidine groups is 1. The molecule has 1 aliphatic rings. The number of nitrogens with one attached hydrogen (secondary N) is 2. The molecule has 24 heavy (non-hydrogen) atoms. The Bertz CT molecular complexity index is 442. The zero-order valence-electron chi connectivity index (χ0n) is 15.1. The summed E-state index contributed by atoms with van der Waals surface area (Å²) in [6, 6.07) is 3.94. The molecule has 2 rings (SSSR count). The monoisotopic (exact) mass is 448 g/mol. The lowest BCUT2D eigenvalue weighted by Crippen LogP contribution is -2.39. The fourth-order valence-corrected chi connectivity index (χ4v) is 3.03. The third kappa shape index (κ3) is 7.88. The van der Waals surface area contributed by atoms with Crippen molar-refractivity contribution in [2.45, 2.75) is 39.5 Å². The molecule has 2 N–H and O–H groups in total. The van der Waals surface area contributed by atoms with Gasteiger partial charge in [-0.1, -0.05) is 6.92 Å². The zero-order valence-corrected chi connectivity index (χ0v) is 17.4. The normalized spacial score (nSPS) is 16.7. The average Bonchev–Trinajstić information content (AvgIpc) is 3.07. The predicted octanol–water partition coefficient (Wildman–Crippen LogP) is 3.12. The van der Waals surface area contributed by atoms with Crippen molar-refractivity contribution >= 4 is 29.9 Å². The SMILES string of the molecule is CCCN1CCC(CN=C(NCC)NCCc2ccco2)CC1.I. The number of hydrogen-bond acceptors (Lipinski definition) is 3. The highest BCUT2D eigenvalue weighted by Gasteiger charge is 2.18. The van der Waals surface area contributed by atoms with E-state index in [2.05, 4.69) is 29.4 Å². The Labute approximate surface area is 163 Å². The quantitative estimate of drug-likeness (QED) is 0.365. The van der Waals surface area contributed by atoms with Crippen molar-refractivity contribution in [3.8, 4) is 0 Å². The van der Waals surface area contributed by atoms with Gasteiger partial charge in [0.05, 0.1) is 6.26 Å². The van der Waals surface area contributed by atoms with E-state index in [9.17, 15) is 0 Å². The maximum Gasteiger partial charge on any atom is 0.191 e. The second-order valence-corrected chi connectivity index (χ2v) is 6.26. The van der Waals surface area contributed by atoms with Gasteiger partial charge < -0.3 is 20.0 Å². The Balaban J connectivity index is 0.00000288. The highest BCUT2D eigenvalue weighted by Crippen LogP contribution is 2.17. The Morgan fingerprint density at radius 2 is 2.08 bits per heavy atom. The molecule has 0 aromatic carbocycles. The van der Waals surface area contributed by atoms with E-state index in [1.54, 1.807) is 6.26 Å². The second-order valence-electron chi connectivity index (χ2n) is 6.26. The summed E-state index contributed by atoms with van der Waals surface area (Å²) in [5, 5.41) is 6.73. The first kappa shape index (κ1) is 21.3. The van der Waals surface area contributed by atoms with E-state index in [0.717, 1.165) is 43.7 Å². The van der Waals surface area contributed by atoms with E-state index in [4.69, 9.17) is 9.41 Å². The van der Waals surface area contributed by atoms with Gasteiger partial charge in [0.1, 0.15) is 5.76 Å². The van der Waals surface area contributed by atoms with Crippen molar-refractivity contribution in [3.05, 3.63) is 24.2 Å². The van der Waals surface area contributed by atoms with Gasteiger partial charge in [0.15, 0.2) is 5.96 Å². The van der Waals surface area contributed by atoms with Crippen LogP contribution in [0.25, 0.3) is 0 Å². The molecule has 5 nitrogen and oxygen atoms in total. The Morgan fingerprint density at radius 1 is 1.29 bits per heavy atom. The minimum Gasteiger partial charge on any atom is -0.469 e. The van der Waals surface area contributed by atoms with Crippen molar-refractivity contribution in [2.24, 2.45) is 10.9 Å². The third-order valence-electron chi connectivity index (χ3n) is 4.34. The van der Waals surface area contributed by atoms with Crippen LogP contribution >= 0.6 is 24.0 Å². The van der Waals surface area contributed by atoms with Crippen LogP contribution in [0.1, 0.15) is 38.9 Å². The Morgan fingerprint density at radius 3 is 2.71 bits per heavy atom. The van der Waals surface area contributed by atoms with Crippen molar-refractivity contribution in [2.75, 3.05) is 39.3 Å². The van der Waals surface area contributed by atoms with Gasteiger partial charge in [0.25, 0.3) is 0 Å². The van der Waals surface area contributed by atoms with Gasteiger partial charge >= 0.3 is 0 Å². The first-order valence-corrected chi connectivity index (χ1v) is 9.08. The molecule has 0 saturated carbocycles. The number of likely N-dealkylation sites (tertiary alicyclic amines) is 1. The maximum absolute atomic E-state index is 5.36.